The summed E-state index contributed by atoms with van der Waals surface area (Å²) in [6, 6.07) is 6.24. The van der Waals surface area contributed by atoms with Gasteiger partial charge in [-0.25, -0.2) is 0 Å². The van der Waals surface area contributed by atoms with Gasteiger partial charge in [0.25, 0.3) is 5.91 Å². The minimum atomic E-state index is 0.0332. The number of benzene rings is 1. The van der Waals surface area contributed by atoms with Gasteiger partial charge in [-0.1, -0.05) is 18.9 Å². The molecule has 0 aromatic heterocycles. The van der Waals surface area contributed by atoms with E-state index in [-0.39, 0.29) is 12.5 Å². The highest BCUT2D eigenvalue weighted by Crippen LogP contribution is 2.27. The first-order valence-corrected chi connectivity index (χ1v) is 7.58. The van der Waals surface area contributed by atoms with Gasteiger partial charge in [0.05, 0.1) is 6.61 Å². The molecule has 1 fully saturated rings. The number of amides is 1. The van der Waals surface area contributed by atoms with E-state index in [1.165, 1.54) is 18.4 Å². The molecule has 0 unspecified atom stereocenters. The van der Waals surface area contributed by atoms with E-state index in [1.54, 1.807) is 0 Å². The van der Waals surface area contributed by atoms with Gasteiger partial charge in [0, 0.05) is 30.4 Å². The average molecular weight is 274 g/mol. The molecule has 3 rings (SSSR count). The summed E-state index contributed by atoms with van der Waals surface area (Å²) in [5, 5.41) is 12.6. The summed E-state index contributed by atoms with van der Waals surface area (Å²) in [5.74, 6) is 0.0578. The van der Waals surface area contributed by atoms with Crippen molar-refractivity contribution in [1.82, 2.24) is 4.90 Å². The smallest absolute Gasteiger partial charge is 0.254 e. The summed E-state index contributed by atoms with van der Waals surface area (Å²) in [6.07, 6.45) is 5.54. The van der Waals surface area contributed by atoms with Crippen LogP contribution >= 0.6 is 0 Å². The van der Waals surface area contributed by atoms with Crippen molar-refractivity contribution in [3.63, 3.8) is 0 Å². The maximum atomic E-state index is 12.7. The Hall–Kier alpha value is -1.55. The number of aliphatic hydroxyl groups is 1. The van der Waals surface area contributed by atoms with Crippen molar-refractivity contribution in [2.75, 3.05) is 25.0 Å². The minimum Gasteiger partial charge on any atom is -0.395 e. The molecule has 20 heavy (non-hydrogen) atoms. The predicted molar refractivity (Wildman–Crippen MR) is 79.0 cm³/mol. The zero-order chi connectivity index (χ0) is 13.9. The standard InChI is InChI=1S/C16H22N2O2/c19-10-9-18(14-3-1-2-4-14)16(20)13-6-5-12-7-8-17-15(12)11-13/h5-6,11,14,17,19H,1-4,7-10H2. The number of carbonyl (C=O) groups is 1. The van der Waals surface area contributed by atoms with E-state index < -0.39 is 0 Å². The largest absolute Gasteiger partial charge is 0.395 e. The van der Waals surface area contributed by atoms with Crippen molar-refractivity contribution in [3.8, 4) is 0 Å². The van der Waals surface area contributed by atoms with Crippen molar-refractivity contribution >= 4 is 11.6 Å². The number of anilines is 1. The Labute approximate surface area is 119 Å². The molecule has 108 valence electrons. The fourth-order valence-corrected chi connectivity index (χ4v) is 3.36. The van der Waals surface area contributed by atoms with Crippen LogP contribution in [-0.4, -0.2) is 41.7 Å². The molecule has 4 heteroatoms. The number of carbonyl (C=O) groups excluding carboxylic acids is 1. The number of aliphatic hydroxyl groups excluding tert-OH is 1. The first-order chi connectivity index (χ1) is 9.79. The quantitative estimate of drug-likeness (QED) is 0.883. The summed E-state index contributed by atoms with van der Waals surface area (Å²) in [7, 11) is 0. The molecule has 0 spiro atoms. The van der Waals surface area contributed by atoms with Crippen molar-refractivity contribution < 1.29 is 9.90 Å². The third kappa shape index (κ3) is 2.52. The molecule has 0 atom stereocenters. The molecule has 1 amide bonds. The molecule has 4 nitrogen and oxygen atoms in total. The van der Waals surface area contributed by atoms with Crippen LogP contribution in [0.1, 0.15) is 41.6 Å². The normalized spacial score (nSPS) is 17.9. The molecular weight excluding hydrogens is 252 g/mol. The summed E-state index contributed by atoms with van der Waals surface area (Å²) in [4.78, 5) is 14.6. The predicted octanol–water partition coefficient (Wildman–Crippen LogP) is 2.03. The zero-order valence-electron chi connectivity index (χ0n) is 11.8. The molecular formula is C16H22N2O2. The Bertz CT molecular complexity index is 495. The fraction of sp³-hybridized carbons (Fsp3) is 0.562. The van der Waals surface area contributed by atoms with Crippen molar-refractivity contribution in [2.45, 2.75) is 38.1 Å². The molecule has 1 saturated carbocycles. The van der Waals surface area contributed by atoms with Crippen molar-refractivity contribution in [2.24, 2.45) is 0 Å². The van der Waals surface area contributed by atoms with Crippen LogP contribution in [0.4, 0.5) is 5.69 Å². The highest BCUT2D eigenvalue weighted by atomic mass is 16.3. The van der Waals surface area contributed by atoms with Crippen molar-refractivity contribution in [3.05, 3.63) is 29.3 Å². The third-order valence-electron chi connectivity index (χ3n) is 4.43. The molecule has 0 radical (unpaired) electrons. The Morgan fingerprint density at radius 1 is 1.35 bits per heavy atom. The molecule has 2 aliphatic rings. The van der Waals surface area contributed by atoms with Crippen LogP contribution in [0.5, 0.6) is 0 Å². The molecule has 1 aromatic rings. The van der Waals surface area contributed by atoms with Crippen LogP contribution in [0.15, 0.2) is 18.2 Å². The van der Waals surface area contributed by atoms with E-state index in [9.17, 15) is 9.90 Å². The monoisotopic (exact) mass is 274 g/mol. The topological polar surface area (TPSA) is 52.6 Å². The van der Waals surface area contributed by atoms with Gasteiger partial charge in [-0.05, 0) is 37.0 Å². The van der Waals surface area contributed by atoms with Crippen molar-refractivity contribution in [1.29, 1.82) is 0 Å². The van der Waals surface area contributed by atoms with Gasteiger partial charge < -0.3 is 15.3 Å². The van der Waals surface area contributed by atoms with E-state index in [0.29, 0.717) is 12.6 Å². The van der Waals surface area contributed by atoms with E-state index >= 15 is 0 Å². The minimum absolute atomic E-state index is 0.0332. The first kappa shape index (κ1) is 13.4. The molecule has 1 heterocycles. The van der Waals surface area contributed by atoms with Gasteiger partial charge in [0.1, 0.15) is 0 Å². The molecule has 2 N–H and O–H groups in total. The lowest BCUT2D eigenvalue weighted by Crippen LogP contribution is -2.40. The van der Waals surface area contributed by atoms with Gasteiger partial charge in [-0.15, -0.1) is 0 Å². The lowest BCUT2D eigenvalue weighted by atomic mass is 10.1. The van der Waals surface area contributed by atoms with Gasteiger partial charge in [0.2, 0.25) is 0 Å². The van der Waals surface area contributed by atoms with E-state index in [0.717, 1.165) is 37.1 Å². The lowest BCUT2D eigenvalue weighted by molar-refractivity contribution is 0.0638. The number of hydrogen-bond acceptors (Lipinski definition) is 3. The highest BCUT2D eigenvalue weighted by Gasteiger charge is 2.27. The molecule has 1 aromatic carbocycles. The molecule has 0 saturated heterocycles. The Balaban J connectivity index is 1.81. The van der Waals surface area contributed by atoms with E-state index in [4.69, 9.17) is 0 Å². The Morgan fingerprint density at radius 2 is 2.15 bits per heavy atom. The van der Waals surface area contributed by atoms with Crippen LogP contribution < -0.4 is 5.32 Å². The number of hydrogen-bond donors (Lipinski definition) is 2. The second kappa shape index (κ2) is 5.83. The molecule has 0 bridgehead atoms. The number of nitrogens with one attached hydrogen (secondary N) is 1. The summed E-state index contributed by atoms with van der Waals surface area (Å²) >= 11 is 0. The zero-order valence-corrected chi connectivity index (χ0v) is 11.8. The number of fused-ring (bicyclic) bond motifs is 1. The first-order valence-electron chi connectivity index (χ1n) is 7.58. The maximum absolute atomic E-state index is 12.7. The van der Waals surface area contributed by atoms with E-state index in [2.05, 4.69) is 5.32 Å². The summed E-state index contributed by atoms with van der Waals surface area (Å²) < 4.78 is 0. The van der Waals surface area contributed by atoms with Crippen LogP contribution in [0.3, 0.4) is 0 Å². The van der Waals surface area contributed by atoms with Crippen LogP contribution in [0, 0.1) is 0 Å². The average Bonchev–Trinajstić information content (AvgIpc) is 3.13. The lowest BCUT2D eigenvalue weighted by Gasteiger charge is -2.28. The van der Waals surface area contributed by atoms with Crippen LogP contribution in [0.25, 0.3) is 0 Å². The van der Waals surface area contributed by atoms with Gasteiger partial charge in [-0.2, -0.15) is 0 Å². The van der Waals surface area contributed by atoms with Gasteiger partial charge in [-0.3, -0.25) is 4.79 Å². The second-order valence-corrected chi connectivity index (χ2v) is 5.71. The Morgan fingerprint density at radius 3 is 2.90 bits per heavy atom. The van der Waals surface area contributed by atoms with Crippen LogP contribution in [0.2, 0.25) is 0 Å². The third-order valence-corrected chi connectivity index (χ3v) is 4.43. The van der Waals surface area contributed by atoms with Gasteiger partial charge >= 0.3 is 0 Å². The summed E-state index contributed by atoms with van der Waals surface area (Å²) in [6.45, 7) is 1.43. The number of rotatable bonds is 4. The molecule has 1 aliphatic carbocycles. The van der Waals surface area contributed by atoms with E-state index in [1.807, 2.05) is 23.1 Å². The summed E-state index contributed by atoms with van der Waals surface area (Å²) in [5.41, 5.74) is 3.11. The number of nitrogens with zero attached hydrogens (tertiary/aromatic N) is 1. The van der Waals surface area contributed by atoms with Crippen LogP contribution in [-0.2, 0) is 6.42 Å². The van der Waals surface area contributed by atoms with Gasteiger partial charge in [0.15, 0.2) is 0 Å². The SMILES string of the molecule is O=C(c1ccc2c(c1)NCC2)N(CCO)C1CCCC1. The maximum Gasteiger partial charge on any atom is 0.254 e. The highest BCUT2D eigenvalue weighted by molar-refractivity contribution is 5.95. The fourth-order valence-electron chi connectivity index (χ4n) is 3.36. The Kier molecular flexibility index (Phi) is 3.92. The molecule has 1 aliphatic heterocycles. The second-order valence-electron chi connectivity index (χ2n) is 5.71.